The van der Waals surface area contributed by atoms with Crippen molar-refractivity contribution in [1.82, 2.24) is 19.5 Å². The van der Waals surface area contributed by atoms with Crippen LogP contribution in [-0.2, 0) is 25.5 Å². The number of hydrogen-bond donors (Lipinski definition) is 0. The number of aromatic nitrogens is 4. The van der Waals surface area contributed by atoms with Gasteiger partial charge in [-0.25, -0.2) is 4.98 Å². The monoisotopic (exact) mass is 1040 g/mol. The second kappa shape index (κ2) is 18.3. The quantitative estimate of drug-likeness (QED) is 0.118. The number of pyridine rings is 2. The van der Waals surface area contributed by atoms with E-state index >= 15 is 0 Å². The maximum Gasteiger partial charge on any atom is 0.216 e. The first kappa shape index (κ1) is 45.3. The second-order valence-electron chi connectivity index (χ2n) is 19.0. The van der Waals surface area contributed by atoms with E-state index in [2.05, 4.69) is 197 Å². The van der Waals surface area contributed by atoms with Gasteiger partial charge in [-0.15, -0.1) is 54.1 Å². The zero-order chi connectivity index (χ0) is 44.8. The van der Waals surface area contributed by atoms with E-state index in [4.69, 9.17) is 14.4 Å². The third kappa shape index (κ3) is 9.06. The van der Waals surface area contributed by atoms with Gasteiger partial charge in [0, 0.05) is 48.5 Å². The van der Waals surface area contributed by atoms with Crippen molar-refractivity contribution in [2.45, 2.75) is 72.5 Å². The number of benzene rings is 6. The average Bonchev–Trinajstić information content (AvgIpc) is 3.87. The van der Waals surface area contributed by atoms with Crippen LogP contribution < -0.4 is 5.19 Å². The summed E-state index contributed by atoms with van der Waals surface area (Å²) in [7, 11) is -1.34. The van der Waals surface area contributed by atoms with Gasteiger partial charge in [-0.3, -0.25) is 4.98 Å². The standard InChI is InChI=1S/C41H32N3O.C17H22NSi.Ir/c1-26-22-23-31-30-18-13-19-32(38(30)45-40(31)42-26)39-43-35-20-11-12-21-36(35)44(39)37-33(27-14-7-5-8-15-27)24-29(41(2,3)4)25-34(37)28-16-9-6-10-17-28;1-13(2)15-11-16(14-9-7-6-8-10-14)18-12-17(15)19(3,4)5;/h5-18,20-25H,1-4H3;6-9,11-13H,1-5H3;/q2*-1;. The molecule has 10 rings (SSSR count). The smallest absolute Gasteiger partial charge is 0.216 e. The van der Waals surface area contributed by atoms with Gasteiger partial charge in [0.2, 0.25) is 5.71 Å². The molecule has 1 radical (unpaired) electrons. The minimum atomic E-state index is -1.34. The van der Waals surface area contributed by atoms with Gasteiger partial charge in [-0.1, -0.05) is 150 Å². The number of imidazole rings is 1. The third-order valence-electron chi connectivity index (χ3n) is 11.9. The Morgan fingerprint density at radius 1 is 0.677 bits per heavy atom. The molecule has 0 aliphatic carbocycles. The molecular formula is C58H54IrN4OSi-2. The van der Waals surface area contributed by atoms with Crippen LogP contribution in [0.25, 0.3) is 83.7 Å². The molecule has 6 aromatic carbocycles. The molecule has 0 saturated carbocycles. The van der Waals surface area contributed by atoms with Crippen LogP contribution in [0.4, 0.5) is 0 Å². The van der Waals surface area contributed by atoms with Crippen LogP contribution in [0.1, 0.15) is 57.4 Å². The molecule has 0 aliphatic rings. The van der Waals surface area contributed by atoms with Gasteiger partial charge >= 0.3 is 0 Å². The number of para-hydroxylation sites is 2. The molecule has 7 heteroatoms. The third-order valence-corrected chi connectivity index (χ3v) is 14.0. The fraction of sp³-hybridized carbons (Fsp3) is 0.190. The summed E-state index contributed by atoms with van der Waals surface area (Å²) in [5, 5.41) is 3.46. The molecule has 0 aliphatic heterocycles. The Hall–Kier alpha value is -6.24. The van der Waals surface area contributed by atoms with Crippen molar-refractivity contribution in [3.8, 4) is 50.6 Å². The van der Waals surface area contributed by atoms with Crippen LogP contribution in [0.2, 0.25) is 19.6 Å². The molecule has 4 heterocycles. The van der Waals surface area contributed by atoms with Crippen molar-refractivity contribution >= 4 is 46.4 Å². The number of fused-ring (bicyclic) bond motifs is 4. The van der Waals surface area contributed by atoms with Crippen LogP contribution in [0.3, 0.4) is 0 Å². The van der Waals surface area contributed by atoms with Gasteiger partial charge in [0.25, 0.3) is 0 Å². The molecule has 65 heavy (non-hydrogen) atoms. The second-order valence-corrected chi connectivity index (χ2v) is 24.0. The van der Waals surface area contributed by atoms with Gasteiger partial charge in [0.05, 0.1) is 36.2 Å². The van der Waals surface area contributed by atoms with E-state index in [-0.39, 0.29) is 25.5 Å². The minimum Gasteiger partial charge on any atom is -0.486 e. The number of aryl methyl sites for hydroxylation is 1. The van der Waals surface area contributed by atoms with Crippen molar-refractivity contribution in [3.05, 3.63) is 187 Å². The van der Waals surface area contributed by atoms with E-state index in [1.165, 1.54) is 16.3 Å². The predicted molar refractivity (Wildman–Crippen MR) is 270 cm³/mol. The maximum atomic E-state index is 6.50. The molecule has 0 amide bonds. The number of rotatable bonds is 7. The Kier molecular flexibility index (Phi) is 12.8. The first-order chi connectivity index (χ1) is 30.8. The van der Waals surface area contributed by atoms with Crippen LogP contribution in [0, 0.1) is 19.1 Å². The maximum absolute atomic E-state index is 6.50. The summed E-state index contributed by atoms with van der Waals surface area (Å²) in [6, 6.07) is 59.6. The summed E-state index contributed by atoms with van der Waals surface area (Å²) >= 11 is 0. The Bertz CT molecular complexity index is 3210. The molecule has 0 unspecified atom stereocenters. The molecule has 0 spiro atoms. The van der Waals surface area contributed by atoms with E-state index in [0.717, 1.165) is 83.7 Å². The molecule has 0 saturated heterocycles. The molecule has 0 atom stereocenters. The van der Waals surface area contributed by atoms with E-state index < -0.39 is 8.07 Å². The largest absolute Gasteiger partial charge is 0.486 e. The molecule has 4 aromatic heterocycles. The van der Waals surface area contributed by atoms with Crippen LogP contribution in [0.15, 0.2) is 162 Å². The Morgan fingerprint density at radius 2 is 1.32 bits per heavy atom. The van der Waals surface area contributed by atoms with Crippen molar-refractivity contribution in [2.75, 3.05) is 0 Å². The van der Waals surface area contributed by atoms with Gasteiger partial charge in [-0.05, 0) is 82.2 Å². The first-order valence-corrected chi connectivity index (χ1v) is 25.7. The molecule has 5 nitrogen and oxygen atoms in total. The zero-order valence-electron chi connectivity index (χ0n) is 38.6. The van der Waals surface area contributed by atoms with E-state index in [9.17, 15) is 0 Å². The van der Waals surface area contributed by atoms with Gasteiger partial charge in [0.1, 0.15) is 0 Å². The van der Waals surface area contributed by atoms with Crippen LogP contribution >= 0.6 is 0 Å². The fourth-order valence-corrected chi connectivity index (χ4v) is 10.2. The van der Waals surface area contributed by atoms with Crippen molar-refractivity contribution < 1.29 is 24.5 Å². The van der Waals surface area contributed by atoms with Gasteiger partial charge in [0.15, 0.2) is 0 Å². The van der Waals surface area contributed by atoms with Crippen LogP contribution in [-0.4, -0.2) is 27.6 Å². The summed E-state index contributed by atoms with van der Waals surface area (Å²) < 4.78 is 8.81. The zero-order valence-corrected chi connectivity index (χ0v) is 42.0. The van der Waals surface area contributed by atoms with E-state index in [1.807, 2.05) is 43.3 Å². The minimum absolute atomic E-state index is 0. The van der Waals surface area contributed by atoms with E-state index in [1.54, 1.807) is 0 Å². The summed E-state index contributed by atoms with van der Waals surface area (Å²) in [5.74, 6) is 1.31. The summed E-state index contributed by atoms with van der Waals surface area (Å²) in [5.41, 5.74) is 15.4. The molecule has 0 N–H and O–H groups in total. The Balaban J connectivity index is 0.000000243. The first-order valence-electron chi connectivity index (χ1n) is 22.2. The summed E-state index contributed by atoms with van der Waals surface area (Å²) in [6.45, 7) is 20.5. The van der Waals surface area contributed by atoms with Crippen molar-refractivity contribution in [3.63, 3.8) is 0 Å². The number of furan rings is 1. The topological polar surface area (TPSA) is 56.7 Å². The predicted octanol–water partition coefficient (Wildman–Crippen LogP) is 14.9. The fourth-order valence-electron chi connectivity index (χ4n) is 8.56. The number of hydrogen-bond acceptors (Lipinski definition) is 4. The SMILES string of the molecule is CC(C)c1cc(-c2[c-]cccc2)ncc1[Si](C)(C)C.Cc1ccc2c(n1)oc1c(-c3nc4ccccc4n3-c3c(-c4ccccc4)cc(C(C)(C)C)cc3-c3ccccc3)[c-]ccc12.[Ir]. The van der Waals surface area contributed by atoms with Crippen molar-refractivity contribution in [2.24, 2.45) is 0 Å². The molecule has 327 valence electrons. The Labute approximate surface area is 398 Å². The van der Waals surface area contributed by atoms with Crippen LogP contribution in [0.5, 0.6) is 0 Å². The van der Waals surface area contributed by atoms with Crippen molar-refractivity contribution in [1.29, 1.82) is 0 Å². The average molecular weight is 1040 g/mol. The normalized spacial score (nSPS) is 11.8. The molecule has 10 aromatic rings. The summed E-state index contributed by atoms with van der Waals surface area (Å²) in [6.07, 6.45) is 2.09. The molecule has 0 bridgehead atoms. The van der Waals surface area contributed by atoms with Gasteiger partial charge in [-0.2, -0.15) is 0 Å². The Morgan fingerprint density at radius 3 is 1.94 bits per heavy atom. The van der Waals surface area contributed by atoms with E-state index in [0.29, 0.717) is 11.6 Å². The van der Waals surface area contributed by atoms with Gasteiger partial charge < -0.3 is 14.0 Å². The number of nitrogens with zero attached hydrogens (tertiary/aromatic N) is 4. The summed E-state index contributed by atoms with van der Waals surface area (Å²) in [4.78, 5) is 14.7. The molecular weight excluding hydrogens is 989 g/mol. The molecule has 0 fully saturated rings.